The van der Waals surface area contributed by atoms with Gasteiger partial charge in [0.25, 0.3) is 0 Å². The van der Waals surface area contributed by atoms with E-state index in [1.54, 1.807) is 6.07 Å². The third kappa shape index (κ3) is 4.20. The SMILES string of the molecule is O=C(O)c1cccc(C2CCCN(CCCn3ccnc3)C2)c1. The zero-order valence-corrected chi connectivity index (χ0v) is 13.3. The highest BCUT2D eigenvalue weighted by molar-refractivity contribution is 5.87. The van der Waals surface area contributed by atoms with Crippen molar-refractivity contribution in [2.75, 3.05) is 19.6 Å². The molecule has 0 saturated carbocycles. The maximum Gasteiger partial charge on any atom is 0.335 e. The Hall–Kier alpha value is -2.14. The fourth-order valence-electron chi connectivity index (χ4n) is 3.35. The summed E-state index contributed by atoms with van der Waals surface area (Å²) in [5.41, 5.74) is 1.55. The molecule has 0 amide bonds. The van der Waals surface area contributed by atoms with E-state index in [1.165, 1.54) is 6.42 Å². The zero-order chi connectivity index (χ0) is 16.1. The summed E-state index contributed by atoms with van der Waals surface area (Å²) in [5, 5.41) is 9.15. The van der Waals surface area contributed by atoms with Crippen molar-refractivity contribution < 1.29 is 9.90 Å². The van der Waals surface area contributed by atoms with Crippen molar-refractivity contribution in [3.05, 3.63) is 54.1 Å². The van der Waals surface area contributed by atoms with Gasteiger partial charge in [-0.15, -0.1) is 0 Å². The first-order valence-corrected chi connectivity index (χ1v) is 8.24. The van der Waals surface area contributed by atoms with Crippen LogP contribution in [0.2, 0.25) is 0 Å². The Labute approximate surface area is 136 Å². The van der Waals surface area contributed by atoms with Gasteiger partial charge in [-0.2, -0.15) is 0 Å². The molecule has 1 saturated heterocycles. The third-order valence-corrected chi connectivity index (χ3v) is 4.56. The summed E-state index contributed by atoms with van der Waals surface area (Å²) >= 11 is 0. The molecule has 1 aliphatic rings. The molecule has 23 heavy (non-hydrogen) atoms. The fourth-order valence-corrected chi connectivity index (χ4v) is 3.35. The molecule has 5 nitrogen and oxygen atoms in total. The second-order valence-corrected chi connectivity index (χ2v) is 6.22. The Morgan fingerprint density at radius 3 is 3.04 bits per heavy atom. The normalized spacial score (nSPS) is 18.9. The lowest BCUT2D eigenvalue weighted by Crippen LogP contribution is -2.35. The van der Waals surface area contributed by atoms with Crippen LogP contribution in [0.5, 0.6) is 0 Å². The molecule has 1 aromatic carbocycles. The van der Waals surface area contributed by atoms with E-state index in [0.717, 1.165) is 44.6 Å². The van der Waals surface area contributed by atoms with Crippen LogP contribution in [0.1, 0.15) is 41.1 Å². The Morgan fingerprint density at radius 1 is 1.35 bits per heavy atom. The number of piperidine rings is 1. The van der Waals surface area contributed by atoms with Crippen LogP contribution in [0, 0.1) is 0 Å². The molecule has 0 spiro atoms. The smallest absolute Gasteiger partial charge is 0.335 e. The first-order chi connectivity index (χ1) is 11.2. The van der Waals surface area contributed by atoms with Crippen LogP contribution < -0.4 is 0 Å². The number of carbonyl (C=O) groups is 1. The number of rotatable bonds is 6. The molecule has 1 N–H and O–H groups in total. The van der Waals surface area contributed by atoms with E-state index in [-0.39, 0.29) is 0 Å². The van der Waals surface area contributed by atoms with Gasteiger partial charge >= 0.3 is 5.97 Å². The monoisotopic (exact) mass is 313 g/mol. The number of carboxylic acids is 1. The number of carboxylic acid groups (broad SMARTS) is 1. The molecular formula is C18H23N3O2. The van der Waals surface area contributed by atoms with E-state index in [1.807, 2.05) is 30.9 Å². The number of hydrogen-bond donors (Lipinski definition) is 1. The average molecular weight is 313 g/mol. The van der Waals surface area contributed by atoms with Gasteiger partial charge in [-0.3, -0.25) is 0 Å². The topological polar surface area (TPSA) is 58.4 Å². The molecule has 122 valence electrons. The molecule has 5 heteroatoms. The molecule has 1 aliphatic heterocycles. The van der Waals surface area contributed by atoms with Crippen LogP contribution in [0.15, 0.2) is 43.0 Å². The van der Waals surface area contributed by atoms with Gasteiger partial charge in [0.2, 0.25) is 0 Å². The number of aromatic nitrogens is 2. The maximum atomic E-state index is 11.1. The molecule has 3 rings (SSSR count). The highest BCUT2D eigenvalue weighted by Crippen LogP contribution is 2.27. The van der Waals surface area contributed by atoms with Crippen molar-refractivity contribution in [3.63, 3.8) is 0 Å². The number of imidazole rings is 1. The molecule has 0 radical (unpaired) electrons. The summed E-state index contributed by atoms with van der Waals surface area (Å²) in [4.78, 5) is 17.7. The maximum absolute atomic E-state index is 11.1. The van der Waals surface area contributed by atoms with Crippen LogP contribution in [0.4, 0.5) is 0 Å². The number of likely N-dealkylation sites (tertiary alicyclic amines) is 1. The Kier molecular flexibility index (Phi) is 5.08. The van der Waals surface area contributed by atoms with E-state index in [4.69, 9.17) is 5.11 Å². The van der Waals surface area contributed by atoms with E-state index in [9.17, 15) is 4.79 Å². The second kappa shape index (κ2) is 7.42. The van der Waals surface area contributed by atoms with Crippen LogP contribution in [-0.2, 0) is 6.54 Å². The van der Waals surface area contributed by atoms with Crippen molar-refractivity contribution in [1.82, 2.24) is 14.5 Å². The van der Waals surface area contributed by atoms with Gasteiger partial charge in [-0.1, -0.05) is 12.1 Å². The van der Waals surface area contributed by atoms with E-state index in [2.05, 4.69) is 20.5 Å². The number of aromatic carboxylic acids is 1. The van der Waals surface area contributed by atoms with Crippen LogP contribution in [-0.4, -0.2) is 45.2 Å². The Morgan fingerprint density at radius 2 is 2.26 bits per heavy atom. The summed E-state index contributed by atoms with van der Waals surface area (Å²) in [6.07, 6.45) is 9.09. The highest BCUT2D eigenvalue weighted by Gasteiger charge is 2.21. The first kappa shape index (κ1) is 15.7. The largest absolute Gasteiger partial charge is 0.478 e. The average Bonchev–Trinajstić information content (AvgIpc) is 3.09. The molecule has 1 atom stereocenters. The van der Waals surface area contributed by atoms with Crippen molar-refractivity contribution in [3.8, 4) is 0 Å². The molecule has 0 aliphatic carbocycles. The van der Waals surface area contributed by atoms with E-state index >= 15 is 0 Å². The lowest BCUT2D eigenvalue weighted by molar-refractivity contribution is 0.0696. The minimum absolute atomic E-state index is 0.389. The van der Waals surface area contributed by atoms with Gasteiger partial charge in [0, 0.05) is 25.5 Å². The predicted molar refractivity (Wildman–Crippen MR) is 88.7 cm³/mol. The fraction of sp³-hybridized carbons (Fsp3) is 0.444. The third-order valence-electron chi connectivity index (χ3n) is 4.56. The van der Waals surface area contributed by atoms with Crippen LogP contribution in [0.3, 0.4) is 0 Å². The lowest BCUT2D eigenvalue weighted by Gasteiger charge is -2.33. The number of nitrogens with zero attached hydrogens (tertiary/aromatic N) is 3. The predicted octanol–water partition coefficient (Wildman–Crippen LogP) is 2.85. The summed E-state index contributed by atoms with van der Waals surface area (Å²) in [5.74, 6) is -0.406. The molecule has 1 aromatic heterocycles. The van der Waals surface area contributed by atoms with Gasteiger partial charge in [0.1, 0.15) is 0 Å². The molecule has 1 unspecified atom stereocenters. The Bertz CT molecular complexity index is 639. The van der Waals surface area contributed by atoms with Gasteiger partial charge in [-0.25, -0.2) is 9.78 Å². The zero-order valence-electron chi connectivity index (χ0n) is 13.3. The molecule has 2 aromatic rings. The van der Waals surface area contributed by atoms with Crippen LogP contribution >= 0.6 is 0 Å². The van der Waals surface area contributed by atoms with Crippen molar-refractivity contribution in [2.24, 2.45) is 0 Å². The first-order valence-electron chi connectivity index (χ1n) is 8.24. The minimum Gasteiger partial charge on any atom is -0.478 e. The van der Waals surface area contributed by atoms with Gasteiger partial charge in [0.05, 0.1) is 11.9 Å². The van der Waals surface area contributed by atoms with Crippen molar-refractivity contribution in [1.29, 1.82) is 0 Å². The van der Waals surface area contributed by atoms with E-state index in [0.29, 0.717) is 11.5 Å². The quantitative estimate of drug-likeness (QED) is 0.891. The van der Waals surface area contributed by atoms with Gasteiger partial charge < -0.3 is 14.6 Å². The lowest BCUT2D eigenvalue weighted by atomic mass is 9.89. The summed E-state index contributed by atoms with van der Waals surface area (Å²) in [6, 6.07) is 7.42. The molecule has 2 heterocycles. The number of aryl methyl sites for hydroxylation is 1. The standard InChI is InChI=1S/C18H23N3O2/c22-18(23)16-5-1-4-15(12-16)17-6-2-8-20(13-17)9-3-10-21-11-7-19-14-21/h1,4-5,7,11-12,14,17H,2-3,6,8-10,13H2,(H,22,23). The minimum atomic E-state index is -0.847. The number of hydrogen-bond acceptors (Lipinski definition) is 3. The Balaban J connectivity index is 1.55. The second-order valence-electron chi connectivity index (χ2n) is 6.22. The van der Waals surface area contributed by atoms with E-state index < -0.39 is 5.97 Å². The van der Waals surface area contributed by atoms with Gasteiger partial charge in [-0.05, 0) is 56.0 Å². The molecular weight excluding hydrogens is 290 g/mol. The molecule has 0 bridgehead atoms. The number of benzene rings is 1. The summed E-state index contributed by atoms with van der Waals surface area (Å²) in [7, 11) is 0. The summed E-state index contributed by atoms with van der Waals surface area (Å²) in [6.45, 7) is 4.23. The van der Waals surface area contributed by atoms with Crippen LogP contribution in [0.25, 0.3) is 0 Å². The highest BCUT2D eigenvalue weighted by atomic mass is 16.4. The van der Waals surface area contributed by atoms with Gasteiger partial charge in [0.15, 0.2) is 0 Å². The van der Waals surface area contributed by atoms with Crippen molar-refractivity contribution in [2.45, 2.75) is 31.7 Å². The van der Waals surface area contributed by atoms with Crippen molar-refractivity contribution >= 4 is 5.97 Å². The summed E-state index contributed by atoms with van der Waals surface area (Å²) < 4.78 is 2.11. The molecule has 1 fully saturated rings.